The number of carbonyl (C=O) groups excluding carboxylic acids is 1. The zero-order chi connectivity index (χ0) is 13.8. The van der Waals surface area contributed by atoms with Crippen molar-refractivity contribution >= 4 is 11.9 Å². The van der Waals surface area contributed by atoms with Gasteiger partial charge in [0.15, 0.2) is 0 Å². The third-order valence-electron chi connectivity index (χ3n) is 2.50. The fourth-order valence-corrected chi connectivity index (χ4v) is 1.69. The number of amides is 1. The molecule has 0 aliphatic carbocycles. The van der Waals surface area contributed by atoms with E-state index in [1.807, 2.05) is 19.9 Å². The van der Waals surface area contributed by atoms with E-state index >= 15 is 0 Å². The van der Waals surface area contributed by atoms with Crippen molar-refractivity contribution in [2.45, 2.75) is 20.4 Å². The fraction of sp³-hybridized carbons (Fsp3) is 0.231. The van der Waals surface area contributed by atoms with Crippen LogP contribution in [0.25, 0.3) is 0 Å². The molecule has 0 spiro atoms. The molecular weight excluding hydrogens is 242 g/mol. The van der Waals surface area contributed by atoms with Gasteiger partial charge in [0, 0.05) is 29.7 Å². The van der Waals surface area contributed by atoms with Gasteiger partial charge < -0.3 is 5.73 Å². The van der Waals surface area contributed by atoms with E-state index in [2.05, 4.69) is 20.3 Å². The van der Waals surface area contributed by atoms with Gasteiger partial charge in [-0.25, -0.2) is 9.97 Å². The molecule has 6 nitrogen and oxygen atoms in total. The standard InChI is InChI=1S/C13H15N5O/c1-8-5-9(2)17-13(16-8)18-12(19)10-3-4-15-11(6-10)7-14/h3-6H,7,14H2,1-2H3,(H,16,17,18,19). The van der Waals surface area contributed by atoms with E-state index in [1.54, 1.807) is 18.3 Å². The molecule has 0 aliphatic heterocycles. The van der Waals surface area contributed by atoms with Gasteiger partial charge in [0.05, 0.1) is 5.69 Å². The topological polar surface area (TPSA) is 93.8 Å². The molecule has 0 saturated heterocycles. The third kappa shape index (κ3) is 3.32. The predicted molar refractivity (Wildman–Crippen MR) is 71.6 cm³/mol. The first-order valence-electron chi connectivity index (χ1n) is 5.87. The van der Waals surface area contributed by atoms with E-state index in [0.717, 1.165) is 11.4 Å². The van der Waals surface area contributed by atoms with Crippen LogP contribution in [0.3, 0.4) is 0 Å². The summed E-state index contributed by atoms with van der Waals surface area (Å²) in [6.07, 6.45) is 1.56. The zero-order valence-corrected chi connectivity index (χ0v) is 10.8. The van der Waals surface area contributed by atoms with Crippen LogP contribution < -0.4 is 11.1 Å². The van der Waals surface area contributed by atoms with Crippen LogP contribution in [0.5, 0.6) is 0 Å². The molecule has 2 rings (SSSR count). The van der Waals surface area contributed by atoms with Gasteiger partial charge in [0.2, 0.25) is 5.95 Å². The van der Waals surface area contributed by atoms with Crippen molar-refractivity contribution < 1.29 is 4.79 Å². The SMILES string of the molecule is Cc1cc(C)nc(NC(=O)c2ccnc(CN)c2)n1. The van der Waals surface area contributed by atoms with Gasteiger partial charge in [-0.1, -0.05) is 0 Å². The number of carbonyl (C=O) groups is 1. The van der Waals surface area contributed by atoms with Gasteiger partial charge >= 0.3 is 0 Å². The number of aromatic nitrogens is 3. The predicted octanol–water partition coefficient (Wildman–Crippen LogP) is 1.20. The van der Waals surface area contributed by atoms with Crippen LogP contribution in [-0.2, 0) is 6.54 Å². The molecule has 2 heterocycles. The van der Waals surface area contributed by atoms with Crippen molar-refractivity contribution in [1.29, 1.82) is 0 Å². The van der Waals surface area contributed by atoms with Gasteiger partial charge in [-0.3, -0.25) is 15.1 Å². The molecule has 1 amide bonds. The molecule has 0 aromatic carbocycles. The summed E-state index contributed by atoms with van der Waals surface area (Å²) in [5.41, 5.74) is 8.25. The molecule has 0 unspecified atom stereocenters. The Morgan fingerprint density at radius 2 is 1.95 bits per heavy atom. The molecule has 0 saturated carbocycles. The van der Waals surface area contributed by atoms with Crippen molar-refractivity contribution in [3.8, 4) is 0 Å². The lowest BCUT2D eigenvalue weighted by atomic mass is 10.2. The molecule has 0 fully saturated rings. The number of aryl methyl sites for hydroxylation is 2. The maximum absolute atomic E-state index is 12.0. The highest BCUT2D eigenvalue weighted by molar-refractivity contribution is 6.03. The summed E-state index contributed by atoms with van der Waals surface area (Å²) in [6, 6.07) is 5.11. The first-order chi connectivity index (χ1) is 9.08. The van der Waals surface area contributed by atoms with Gasteiger partial charge in [-0.2, -0.15) is 0 Å². The molecule has 98 valence electrons. The molecule has 2 aromatic rings. The quantitative estimate of drug-likeness (QED) is 0.861. The summed E-state index contributed by atoms with van der Waals surface area (Å²) in [4.78, 5) is 24.4. The van der Waals surface area contributed by atoms with E-state index in [1.165, 1.54) is 0 Å². The Morgan fingerprint density at radius 1 is 1.26 bits per heavy atom. The van der Waals surface area contributed by atoms with Crippen LogP contribution in [0.15, 0.2) is 24.4 Å². The highest BCUT2D eigenvalue weighted by Gasteiger charge is 2.09. The third-order valence-corrected chi connectivity index (χ3v) is 2.50. The fourth-order valence-electron chi connectivity index (χ4n) is 1.69. The first-order valence-corrected chi connectivity index (χ1v) is 5.87. The van der Waals surface area contributed by atoms with Crippen LogP contribution in [0.1, 0.15) is 27.4 Å². The second-order valence-corrected chi connectivity index (χ2v) is 4.17. The normalized spacial score (nSPS) is 10.3. The Hall–Kier alpha value is -2.34. The maximum atomic E-state index is 12.0. The Bertz CT molecular complexity index is 591. The highest BCUT2D eigenvalue weighted by Crippen LogP contribution is 2.07. The average molecular weight is 257 g/mol. The van der Waals surface area contributed by atoms with E-state index in [9.17, 15) is 4.79 Å². The Morgan fingerprint density at radius 3 is 2.58 bits per heavy atom. The number of nitrogens with zero attached hydrogens (tertiary/aromatic N) is 3. The minimum absolute atomic E-state index is 0.276. The summed E-state index contributed by atoms with van der Waals surface area (Å²) in [6.45, 7) is 3.99. The second-order valence-electron chi connectivity index (χ2n) is 4.17. The summed E-state index contributed by atoms with van der Waals surface area (Å²) >= 11 is 0. The van der Waals surface area contributed by atoms with Crippen LogP contribution in [0, 0.1) is 13.8 Å². The van der Waals surface area contributed by atoms with E-state index in [-0.39, 0.29) is 5.91 Å². The zero-order valence-electron chi connectivity index (χ0n) is 10.8. The minimum atomic E-state index is -0.276. The molecule has 0 bridgehead atoms. The highest BCUT2D eigenvalue weighted by atomic mass is 16.1. The summed E-state index contributed by atoms with van der Waals surface area (Å²) < 4.78 is 0. The van der Waals surface area contributed by atoms with Crippen molar-refractivity contribution in [3.63, 3.8) is 0 Å². The van der Waals surface area contributed by atoms with E-state index in [0.29, 0.717) is 23.8 Å². The summed E-state index contributed by atoms with van der Waals surface area (Å²) in [5, 5.41) is 2.66. The number of anilines is 1. The number of hydrogen-bond donors (Lipinski definition) is 2. The molecule has 2 aromatic heterocycles. The summed E-state index contributed by atoms with van der Waals surface area (Å²) in [5.74, 6) is 0.0238. The lowest BCUT2D eigenvalue weighted by molar-refractivity contribution is 0.102. The molecule has 3 N–H and O–H groups in total. The van der Waals surface area contributed by atoms with Crippen LogP contribution in [0.2, 0.25) is 0 Å². The van der Waals surface area contributed by atoms with Crippen molar-refractivity contribution in [3.05, 3.63) is 47.0 Å². The van der Waals surface area contributed by atoms with Crippen LogP contribution in [-0.4, -0.2) is 20.9 Å². The van der Waals surface area contributed by atoms with Gasteiger partial charge in [-0.15, -0.1) is 0 Å². The van der Waals surface area contributed by atoms with E-state index in [4.69, 9.17) is 5.73 Å². The molecule has 6 heteroatoms. The van der Waals surface area contributed by atoms with Gasteiger partial charge in [-0.05, 0) is 32.0 Å². The van der Waals surface area contributed by atoms with E-state index < -0.39 is 0 Å². The minimum Gasteiger partial charge on any atom is -0.325 e. The number of nitrogens with one attached hydrogen (secondary N) is 1. The number of rotatable bonds is 3. The van der Waals surface area contributed by atoms with Crippen molar-refractivity contribution in [2.24, 2.45) is 5.73 Å². The number of pyridine rings is 1. The van der Waals surface area contributed by atoms with Crippen molar-refractivity contribution in [1.82, 2.24) is 15.0 Å². The molecular formula is C13H15N5O. The Kier molecular flexibility index (Phi) is 3.82. The van der Waals surface area contributed by atoms with Crippen LogP contribution >= 0.6 is 0 Å². The average Bonchev–Trinajstić information content (AvgIpc) is 2.37. The van der Waals surface area contributed by atoms with Crippen molar-refractivity contribution in [2.75, 3.05) is 5.32 Å². The summed E-state index contributed by atoms with van der Waals surface area (Å²) in [7, 11) is 0. The Balaban J connectivity index is 2.20. The monoisotopic (exact) mass is 257 g/mol. The Labute approximate surface area is 111 Å². The number of nitrogens with two attached hydrogens (primary N) is 1. The number of hydrogen-bond acceptors (Lipinski definition) is 5. The lowest BCUT2D eigenvalue weighted by Crippen LogP contribution is -2.15. The molecule has 0 atom stereocenters. The second kappa shape index (κ2) is 5.53. The largest absolute Gasteiger partial charge is 0.325 e. The molecule has 0 aliphatic rings. The smallest absolute Gasteiger partial charge is 0.258 e. The molecule has 0 radical (unpaired) electrons. The maximum Gasteiger partial charge on any atom is 0.258 e. The first kappa shape index (κ1) is 13.1. The van der Waals surface area contributed by atoms with Crippen LogP contribution in [0.4, 0.5) is 5.95 Å². The molecule has 19 heavy (non-hydrogen) atoms. The lowest BCUT2D eigenvalue weighted by Gasteiger charge is -2.06. The van der Waals surface area contributed by atoms with Gasteiger partial charge in [0.25, 0.3) is 5.91 Å². The van der Waals surface area contributed by atoms with Gasteiger partial charge in [0.1, 0.15) is 0 Å².